The van der Waals surface area contributed by atoms with Crippen LogP contribution < -0.4 is 9.46 Å². The van der Waals surface area contributed by atoms with Gasteiger partial charge in [-0.1, -0.05) is 53.2 Å². The van der Waals surface area contributed by atoms with Gasteiger partial charge in [0, 0.05) is 10.5 Å². The highest BCUT2D eigenvalue weighted by Gasteiger charge is 2.24. The quantitative estimate of drug-likeness (QED) is 0.822. The third-order valence-corrected chi connectivity index (χ3v) is 5.31. The molecule has 4 nitrogen and oxygen atoms in total. The van der Waals surface area contributed by atoms with Gasteiger partial charge in [0.25, 0.3) is 0 Å². The van der Waals surface area contributed by atoms with Crippen LogP contribution in [0.25, 0.3) is 0 Å². The number of halogens is 1. The molecule has 2 rings (SSSR count). The summed E-state index contributed by atoms with van der Waals surface area (Å²) in [6, 6.07) is 14.1. The first-order valence-corrected chi connectivity index (χ1v) is 9.16. The molecule has 2 aromatic rings. The van der Waals surface area contributed by atoms with Gasteiger partial charge in [-0.2, -0.15) is 0 Å². The van der Waals surface area contributed by atoms with Crippen molar-refractivity contribution < 1.29 is 13.2 Å². The van der Waals surface area contributed by atoms with Gasteiger partial charge >= 0.3 is 0 Å². The molecule has 0 spiro atoms. The predicted molar refractivity (Wildman–Crippen MR) is 90.5 cm³/mol. The van der Waals surface area contributed by atoms with Crippen LogP contribution in [-0.4, -0.2) is 15.5 Å². The number of methoxy groups -OCH3 is 1. The first kappa shape index (κ1) is 17.0. The van der Waals surface area contributed by atoms with Gasteiger partial charge < -0.3 is 4.74 Å². The molecule has 118 valence electrons. The maximum atomic E-state index is 12.7. The van der Waals surface area contributed by atoms with Crippen molar-refractivity contribution >= 4 is 26.0 Å². The van der Waals surface area contributed by atoms with Crippen molar-refractivity contribution in [2.24, 2.45) is 0 Å². The summed E-state index contributed by atoms with van der Waals surface area (Å²) in [6.45, 7) is 1.94. The number of ether oxygens (including phenoxy) is 1. The van der Waals surface area contributed by atoms with Crippen molar-refractivity contribution in [3.63, 3.8) is 0 Å². The van der Waals surface area contributed by atoms with Crippen molar-refractivity contribution in [1.82, 2.24) is 4.72 Å². The van der Waals surface area contributed by atoms with Gasteiger partial charge in [-0.3, -0.25) is 0 Å². The van der Waals surface area contributed by atoms with Gasteiger partial charge in [-0.05, 0) is 30.2 Å². The number of rotatable bonds is 6. The first-order chi connectivity index (χ1) is 10.5. The zero-order chi connectivity index (χ0) is 16.2. The molecule has 0 amide bonds. The second-order valence-corrected chi connectivity index (χ2v) is 7.39. The Bertz CT molecular complexity index is 732. The number of benzene rings is 2. The maximum absolute atomic E-state index is 12.7. The van der Waals surface area contributed by atoms with E-state index in [1.807, 2.05) is 37.3 Å². The van der Waals surface area contributed by atoms with Crippen LogP contribution in [0.15, 0.2) is 57.9 Å². The summed E-state index contributed by atoms with van der Waals surface area (Å²) in [6.07, 6.45) is 0.652. The molecular weight excluding hydrogens is 366 g/mol. The van der Waals surface area contributed by atoms with Gasteiger partial charge in [0.2, 0.25) is 10.0 Å². The summed E-state index contributed by atoms with van der Waals surface area (Å²) in [5.74, 6) is 0.318. The van der Waals surface area contributed by atoms with E-state index in [4.69, 9.17) is 4.74 Å². The standard InChI is InChI=1S/C16H18BrNO3S/c1-3-14(12-7-5-4-6-8-12)18-22(19,20)16-11-13(17)9-10-15(16)21-2/h4-11,14,18H,3H2,1-2H3/t14-/m1/s1. The zero-order valence-corrected chi connectivity index (χ0v) is 14.8. The second-order valence-electron chi connectivity index (χ2n) is 4.79. The monoisotopic (exact) mass is 383 g/mol. The molecule has 1 atom stereocenters. The second kappa shape index (κ2) is 7.26. The third-order valence-electron chi connectivity index (χ3n) is 3.32. The lowest BCUT2D eigenvalue weighted by atomic mass is 10.1. The highest BCUT2D eigenvalue weighted by molar-refractivity contribution is 9.10. The normalized spacial score (nSPS) is 12.9. The van der Waals surface area contributed by atoms with Crippen LogP contribution in [-0.2, 0) is 10.0 Å². The fraction of sp³-hybridized carbons (Fsp3) is 0.250. The Labute approximate surface area is 139 Å². The van der Waals surface area contributed by atoms with E-state index in [1.165, 1.54) is 7.11 Å². The fourth-order valence-corrected chi connectivity index (χ4v) is 4.20. The molecule has 0 aliphatic rings. The third kappa shape index (κ3) is 3.88. The molecule has 0 radical (unpaired) electrons. The van der Waals surface area contributed by atoms with Gasteiger partial charge in [-0.25, -0.2) is 13.1 Å². The van der Waals surface area contributed by atoms with Gasteiger partial charge in [0.1, 0.15) is 10.6 Å². The lowest BCUT2D eigenvalue weighted by molar-refractivity contribution is 0.401. The van der Waals surface area contributed by atoms with Crippen molar-refractivity contribution in [3.8, 4) is 5.75 Å². The summed E-state index contributed by atoms with van der Waals surface area (Å²) in [5, 5.41) is 0. The molecule has 0 aliphatic heterocycles. The van der Waals surface area contributed by atoms with Crippen molar-refractivity contribution in [2.75, 3.05) is 7.11 Å². The Hall–Kier alpha value is -1.37. The summed E-state index contributed by atoms with van der Waals surface area (Å²) in [5.41, 5.74) is 0.933. The van der Waals surface area contributed by atoms with E-state index in [0.717, 1.165) is 5.56 Å². The molecule has 6 heteroatoms. The van der Waals surface area contributed by atoms with Gasteiger partial charge in [0.15, 0.2) is 0 Å². The van der Waals surface area contributed by atoms with E-state index >= 15 is 0 Å². The van der Waals surface area contributed by atoms with Crippen LogP contribution in [0.1, 0.15) is 24.9 Å². The van der Waals surface area contributed by atoms with E-state index < -0.39 is 10.0 Å². The Kier molecular flexibility index (Phi) is 5.61. The van der Waals surface area contributed by atoms with E-state index in [2.05, 4.69) is 20.7 Å². The van der Waals surface area contributed by atoms with Gasteiger partial charge in [0.05, 0.1) is 7.11 Å². The number of sulfonamides is 1. The fourth-order valence-electron chi connectivity index (χ4n) is 2.18. The zero-order valence-electron chi connectivity index (χ0n) is 12.4. The van der Waals surface area contributed by atoms with Crippen molar-refractivity contribution in [3.05, 3.63) is 58.6 Å². The molecule has 0 fully saturated rings. The first-order valence-electron chi connectivity index (χ1n) is 6.88. The molecule has 0 bridgehead atoms. The molecule has 0 unspecified atom stereocenters. The molecule has 0 aliphatic carbocycles. The number of hydrogen-bond donors (Lipinski definition) is 1. The summed E-state index contributed by atoms with van der Waals surface area (Å²) >= 11 is 3.30. The maximum Gasteiger partial charge on any atom is 0.244 e. The van der Waals surface area contributed by atoms with E-state index in [-0.39, 0.29) is 10.9 Å². The number of nitrogens with one attached hydrogen (secondary N) is 1. The Morgan fingerprint density at radius 3 is 2.45 bits per heavy atom. The highest BCUT2D eigenvalue weighted by atomic mass is 79.9. The molecule has 0 saturated carbocycles. The van der Waals surface area contributed by atoms with Crippen molar-refractivity contribution in [2.45, 2.75) is 24.3 Å². The van der Waals surface area contributed by atoms with Crippen LogP contribution in [0.4, 0.5) is 0 Å². The summed E-state index contributed by atoms with van der Waals surface area (Å²) < 4.78 is 34.0. The minimum atomic E-state index is -3.69. The van der Waals surface area contributed by atoms with Crippen LogP contribution in [0.2, 0.25) is 0 Å². The van der Waals surface area contributed by atoms with Crippen LogP contribution in [0, 0.1) is 0 Å². The van der Waals surface area contributed by atoms with Crippen LogP contribution in [0.5, 0.6) is 5.75 Å². The van der Waals surface area contributed by atoms with E-state index in [0.29, 0.717) is 16.6 Å². The van der Waals surface area contributed by atoms with Crippen LogP contribution in [0.3, 0.4) is 0 Å². The summed E-state index contributed by atoms with van der Waals surface area (Å²) in [4.78, 5) is 0.124. The van der Waals surface area contributed by atoms with Crippen LogP contribution >= 0.6 is 15.9 Å². The molecule has 0 heterocycles. The van der Waals surface area contributed by atoms with E-state index in [1.54, 1.807) is 18.2 Å². The topological polar surface area (TPSA) is 55.4 Å². The molecule has 2 aromatic carbocycles. The van der Waals surface area contributed by atoms with Gasteiger partial charge in [-0.15, -0.1) is 0 Å². The average molecular weight is 384 g/mol. The predicted octanol–water partition coefficient (Wildman–Crippen LogP) is 3.89. The van der Waals surface area contributed by atoms with E-state index in [9.17, 15) is 8.42 Å². The molecular formula is C16H18BrNO3S. The minimum absolute atomic E-state index is 0.124. The molecule has 22 heavy (non-hydrogen) atoms. The average Bonchev–Trinajstić information content (AvgIpc) is 2.53. The lowest BCUT2D eigenvalue weighted by Crippen LogP contribution is -2.28. The molecule has 1 N–H and O–H groups in total. The van der Waals surface area contributed by atoms with Crippen molar-refractivity contribution in [1.29, 1.82) is 0 Å². The smallest absolute Gasteiger partial charge is 0.244 e. The highest BCUT2D eigenvalue weighted by Crippen LogP contribution is 2.29. The Morgan fingerprint density at radius 1 is 1.18 bits per heavy atom. The largest absolute Gasteiger partial charge is 0.495 e. The Morgan fingerprint density at radius 2 is 1.86 bits per heavy atom. The Balaban J connectivity index is 2.37. The SMILES string of the molecule is CC[C@@H](NS(=O)(=O)c1cc(Br)ccc1OC)c1ccccc1. The molecule has 0 saturated heterocycles. The minimum Gasteiger partial charge on any atom is -0.495 e. The molecule has 0 aromatic heterocycles. The summed E-state index contributed by atoms with van der Waals surface area (Å²) in [7, 11) is -2.23. The lowest BCUT2D eigenvalue weighted by Gasteiger charge is -2.18. The number of hydrogen-bond acceptors (Lipinski definition) is 3.